The van der Waals surface area contributed by atoms with Gasteiger partial charge in [-0.15, -0.1) is 0 Å². The number of pyridine rings is 1. The Morgan fingerprint density at radius 3 is 2.42 bits per heavy atom. The molecule has 1 saturated carbocycles. The molecule has 9 nitrogen and oxygen atoms in total. The van der Waals surface area contributed by atoms with Gasteiger partial charge in [0.05, 0.1) is 35.6 Å². The van der Waals surface area contributed by atoms with Crippen molar-refractivity contribution in [2.24, 2.45) is 0 Å². The molecular formula is C32H37F3N6O3S. The van der Waals surface area contributed by atoms with E-state index in [2.05, 4.69) is 14.6 Å². The van der Waals surface area contributed by atoms with Crippen molar-refractivity contribution < 1.29 is 26.3 Å². The maximum absolute atomic E-state index is 15.7. The van der Waals surface area contributed by atoms with Gasteiger partial charge in [0.2, 0.25) is 10.0 Å². The molecule has 45 heavy (non-hydrogen) atoms. The molecule has 2 fully saturated rings. The van der Waals surface area contributed by atoms with E-state index >= 15 is 8.78 Å². The molecule has 240 valence electrons. The van der Waals surface area contributed by atoms with Gasteiger partial charge in [-0.25, -0.2) is 26.6 Å². The molecule has 1 aliphatic carbocycles. The molecular weight excluding hydrogens is 605 g/mol. The first-order chi connectivity index (χ1) is 21.5. The number of fused-ring (bicyclic) bond motifs is 1. The lowest BCUT2D eigenvalue weighted by molar-refractivity contribution is 0.00731. The van der Waals surface area contributed by atoms with Gasteiger partial charge in [0.1, 0.15) is 29.0 Å². The lowest BCUT2D eigenvalue weighted by Gasteiger charge is -2.39. The summed E-state index contributed by atoms with van der Waals surface area (Å²) in [5.41, 5.74) is 7.38. The number of aromatic nitrogens is 3. The topological polar surface area (TPSA) is 115 Å². The number of hydrogen-bond acceptors (Lipinski definition) is 7. The number of nitrogens with two attached hydrogens (primary N) is 1. The van der Waals surface area contributed by atoms with Crippen LogP contribution in [-0.2, 0) is 20.5 Å². The largest absolute Gasteiger partial charge is 0.383 e. The van der Waals surface area contributed by atoms with Crippen molar-refractivity contribution >= 4 is 32.4 Å². The van der Waals surface area contributed by atoms with Gasteiger partial charge in [0.15, 0.2) is 0 Å². The van der Waals surface area contributed by atoms with Crippen LogP contribution in [0.15, 0.2) is 42.6 Å². The molecule has 1 saturated heterocycles. The Labute approximate surface area is 260 Å². The second-order valence-corrected chi connectivity index (χ2v) is 13.8. The first kappa shape index (κ1) is 31.3. The highest BCUT2D eigenvalue weighted by Gasteiger charge is 2.31. The first-order valence-electron chi connectivity index (χ1n) is 15.2. The number of benzene rings is 2. The fourth-order valence-corrected chi connectivity index (χ4v) is 7.81. The van der Waals surface area contributed by atoms with Crippen molar-refractivity contribution in [3.8, 4) is 11.3 Å². The van der Waals surface area contributed by atoms with Gasteiger partial charge in [0.25, 0.3) is 0 Å². The van der Waals surface area contributed by atoms with Gasteiger partial charge in [-0.2, -0.15) is 5.10 Å². The fraction of sp³-hybridized carbons (Fsp3) is 0.438. The summed E-state index contributed by atoms with van der Waals surface area (Å²) >= 11 is 0. The van der Waals surface area contributed by atoms with E-state index in [1.165, 1.54) is 18.2 Å². The number of anilines is 2. The summed E-state index contributed by atoms with van der Waals surface area (Å²) in [4.78, 5) is 6.98. The van der Waals surface area contributed by atoms with Crippen LogP contribution in [0.4, 0.5) is 24.7 Å². The molecule has 0 atom stereocenters. The Balaban J connectivity index is 1.33. The molecule has 1 aliphatic heterocycles. The number of halogens is 3. The standard InChI is InChI=1S/C32H37F3N6O3S/c1-19(2)41-31-24(20-7-9-22(10-8-20)40-11-13-44-14-12-40)17-37-32(36)29(31)30(38-41)23-15-27(35)28(16-26(23)34)39-45(42,43)18-21-5-3-4-6-25(21)33/h3-6,15-17,19-20,22,39H,7-14,18H2,1-2H3,(H2,36,37)/t20-,22-. The highest BCUT2D eigenvalue weighted by molar-refractivity contribution is 7.91. The number of morpholine rings is 1. The van der Waals surface area contributed by atoms with E-state index in [1.54, 1.807) is 10.9 Å². The quantitative estimate of drug-likeness (QED) is 0.243. The monoisotopic (exact) mass is 642 g/mol. The molecule has 0 amide bonds. The molecule has 13 heteroatoms. The van der Waals surface area contributed by atoms with E-state index in [0.29, 0.717) is 11.4 Å². The third-order valence-corrected chi connectivity index (χ3v) is 10.1. The summed E-state index contributed by atoms with van der Waals surface area (Å²) in [6, 6.07) is 7.42. The number of rotatable bonds is 8. The Kier molecular flexibility index (Phi) is 8.77. The summed E-state index contributed by atoms with van der Waals surface area (Å²) in [5, 5.41) is 5.16. The molecule has 0 radical (unpaired) electrons. The SMILES string of the molecule is CC(C)n1nc(-c2cc(F)c(NS(=O)(=O)Cc3ccccc3F)cc2F)c2c(N)ncc([C@H]3CC[C@H](N4CCOCC4)CC3)c21. The molecule has 3 heterocycles. The summed E-state index contributed by atoms with van der Waals surface area (Å²) in [5.74, 6) is -3.02. The van der Waals surface area contributed by atoms with E-state index in [1.807, 2.05) is 13.8 Å². The number of ether oxygens (including phenoxy) is 1. The van der Waals surface area contributed by atoms with Crippen molar-refractivity contribution in [2.75, 3.05) is 36.8 Å². The molecule has 0 unspecified atom stereocenters. The predicted octanol–water partition coefficient (Wildman–Crippen LogP) is 5.98. The van der Waals surface area contributed by atoms with Gasteiger partial charge in [-0.05, 0) is 63.1 Å². The summed E-state index contributed by atoms with van der Waals surface area (Å²) < 4.78 is 80.0. The van der Waals surface area contributed by atoms with Crippen molar-refractivity contribution in [1.29, 1.82) is 0 Å². The van der Waals surface area contributed by atoms with Crippen LogP contribution in [0.3, 0.4) is 0 Å². The van der Waals surface area contributed by atoms with Gasteiger partial charge in [-0.3, -0.25) is 14.3 Å². The van der Waals surface area contributed by atoms with E-state index in [9.17, 15) is 12.8 Å². The second-order valence-electron chi connectivity index (χ2n) is 12.1. The zero-order valence-electron chi connectivity index (χ0n) is 25.3. The van der Waals surface area contributed by atoms with Crippen LogP contribution in [-0.4, -0.2) is 60.4 Å². The van der Waals surface area contributed by atoms with Gasteiger partial charge in [0, 0.05) is 48.6 Å². The Morgan fingerprint density at radius 2 is 1.73 bits per heavy atom. The van der Waals surface area contributed by atoms with Crippen LogP contribution in [0.25, 0.3) is 22.2 Å². The molecule has 3 N–H and O–H groups in total. The zero-order valence-corrected chi connectivity index (χ0v) is 26.1. The summed E-state index contributed by atoms with van der Waals surface area (Å²) in [7, 11) is -4.26. The van der Waals surface area contributed by atoms with Crippen LogP contribution >= 0.6 is 0 Å². The van der Waals surface area contributed by atoms with Crippen LogP contribution in [0.2, 0.25) is 0 Å². The second kappa shape index (κ2) is 12.6. The van der Waals surface area contributed by atoms with Crippen molar-refractivity contribution in [1.82, 2.24) is 19.7 Å². The molecule has 0 bridgehead atoms. The number of nitrogens with one attached hydrogen (secondary N) is 1. The predicted molar refractivity (Wildman–Crippen MR) is 168 cm³/mol. The lowest BCUT2D eigenvalue weighted by Crippen LogP contribution is -2.44. The molecule has 0 spiro atoms. The summed E-state index contributed by atoms with van der Waals surface area (Å²) in [6.45, 7) is 7.32. The highest BCUT2D eigenvalue weighted by atomic mass is 32.2. The van der Waals surface area contributed by atoms with E-state index in [4.69, 9.17) is 15.6 Å². The van der Waals surface area contributed by atoms with E-state index < -0.39 is 38.9 Å². The van der Waals surface area contributed by atoms with Gasteiger partial charge in [-0.1, -0.05) is 18.2 Å². The van der Waals surface area contributed by atoms with Crippen molar-refractivity contribution in [3.63, 3.8) is 0 Å². The van der Waals surface area contributed by atoms with Crippen molar-refractivity contribution in [3.05, 3.63) is 71.2 Å². The third kappa shape index (κ3) is 6.38. The Hall–Kier alpha value is -3.68. The number of nitrogen functional groups attached to an aromatic ring is 1. The Morgan fingerprint density at radius 1 is 1.02 bits per heavy atom. The maximum Gasteiger partial charge on any atom is 0.237 e. The lowest BCUT2D eigenvalue weighted by atomic mass is 9.81. The molecule has 2 aromatic carbocycles. The number of nitrogens with zero attached hydrogens (tertiary/aromatic N) is 4. The van der Waals surface area contributed by atoms with Crippen LogP contribution in [0.1, 0.15) is 62.6 Å². The van der Waals surface area contributed by atoms with Gasteiger partial charge >= 0.3 is 0 Å². The number of hydrogen-bond donors (Lipinski definition) is 2. The minimum absolute atomic E-state index is 0.0958. The molecule has 2 aliphatic rings. The average molecular weight is 643 g/mol. The minimum atomic E-state index is -4.26. The third-order valence-electron chi connectivity index (χ3n) is 8.85. The average Bonchev–Trinajstić information content (AvgIpc) is 3.42. The van der Waals surface area contributed by atoms with Crippen LogP contribution in [0, 0.1) is 17.5 Å². The first-order valence-corrected chi connectivity index (χ1v) is 16.9. The van der Waals surface area contributed by atoms with Crippen LogP contribution < -0.4 is 10.5 Å². The molecule has 2 aromatic heterocycles. The van der Waals surface area contributed by atoms with Crippen LogP contribution in [0.5, 0.6) is 0 Å². The number of sulfonamides is 1. The summed E-state index contributed by atoms with van der Waals surface area (Å²) in [6.07, 6.45) is 5.75. The molecule has 4 aromatic rings. The minimum Gasteiger partial charge on any atom is -0.383 e. The Bertz CT molecular complexity index is 1820. The smallest absolute Gasteiger partial charge is 0.237 e. The zero-order chi connectivity index (χ0) is 31.9. The molecule has 6 rings (SSSR count). The van der Waals surface area contributed by atoms with Gasteiger partial charge < -0.3 is 10.5 Å². The van der Waals surface area contributed by atoms with E-state index in [-0.39, 0.29) is 34.6 Å². The fourth-order valence-electron chi connectivity index (χ4n) is 6.60. The van der Waals surface area contributed by atoms with Crippen molar-refractivity contribution in [2.45, 2.75) is 63.3 Å². The normalized spacial score (nSPS) is 19.8. The maximum atomic E-state index is 15.7. The van der Waals surface area contributed by atoms with E-state index in [0.717, 1.165) is 81.3 Å². The highest BCUT2D eigenvalue weighted by Crippen LogP contribution is 2.43.